The first kappa shape index (κ1) is 16.0. The molecule has 0 aliphatic heterocycles. The van der Waals surface area contributed by atoms with Crippen LogP contribution in [0.25, 0.3) is 0 Å². The third-order valence-electron chi connectivity index (χ3n) is 2.97. The molecule has 19 heavy (non-hydrogen) atoms. The molecule has 4 heteroatoms. The zero-order valence-corrected chi connectivity index (χ0v) is 12.8. The van der Waals surface area contributed by atoms with Gasteiger partial charge in [-0.15, -0.1) is 0 Å². The molecule has 1 amide bonds. The smallest absolute Gasteiger partial charge is 0.251 e. The Morgan fingerprint density at radius 3 is 2.74 bits per heavy atom. The number of nitrogens with one attached hydrogen (secondary N) is 1. The summed E-state index contributed by atoms with van der Waals surface area (Å²) in [5.74, 6) is 0.658. The van der Waals surface area contributed by atoms with Crippen molar-refractivity contribution in [3.05, 3.63) is 28.5 Å². The molecular weight excluding hydrogens is 260 g/mol. The highest BCUT2D eigenvalue weighted by atomic mass is 35.5. The predicted molar refractivity (Wildman–Crippen MR) is 79.6 cm³/mol. The van der Waals surface area contributed by atoms with Crippen LogP contribution in [0.4, 0.5) is 0 Å². The van der Waals surface area contributed by atoms with Gasteiger partial charge in [-0.05, 0) is 30.9 Å². The molecule has 0 aromatic carbocycles. The number of nitrogens with zero attached hydrogens (tertiary/aromatic N) is 1. The fraction of sp³-hybridized carbons (Fsp3) is 0.600. The van der Waals surface area contributed by atoms with E-state index in [9.17, 15) is 4.79 Å². The Morgan fingerprint density at radius 2 is 2.11 bits per heavy atom. The van der Waals surface area contributed by atoms with Gasteiger partial charge in [-0.3, -0.25) is 4.79 Å². The minimum atomic E-state index is -0.0662. The van der Waals surface area contributed by atoms with E-state index in [1.54, 1.807) is 12.1 Å². The number of hydrogen-bond donors (Lipinski definition) is 1. The summed E-state index contributed by atoms with van der Waals surface area (Å²) in [6.07, 6.45) is 4.14. The van der Waals surface area contributed by atoms with Gasteiger partial charge in [0.2, 0.25) is 0 Å². The van der Waals surface area contributed by atoms with Crippen LogP contribution in [0, 0.1) is 5.92 Å². The lowest BCUT2D eigenvalue weighted by Gasteiger charge is -2.08. The van der Waals surface area contributed by atoms with Gasteiger partial charge in [0, 0.05) is 17.8 Å². The molecular formula is C15H23ClN2O. The Bertz CT molecular complexity index is 419. The van der Waals surface area contributed by atoms with Gasteiger partial charge in [0.05, 0.1) is 0 Å². The molecule has 0 aliphatic carbocycles. The molecule has 0 aliphatic rings. The Hall–Kier alpha value is -1.09. The van der Waals surface area contributed by atoms with Gasteiger partial charge >= 0.3 is 0 Å². The summed E-state index contributed by atoms with van der Waals surface area (Å²) in [6.45, 7) is 7.13. The highest BCUT2D eigenvalue weighted by Gasteiger charge is 2.08. The first-order valence-electron chi connectivity index (χ1n) is 6.97. The summed E-state index contributed by atoms with van der Waals surface area (Å²) >= 11 is 5.90. The van der Waals surface area contributed by atoms with Gasteiger partial charge in [-0.25, -0.2) is 4.98 Å². The van der Waals surface area contributed by atoms with Crippen LogP contribution in [0.5, 0.6) is 0 Å². The van der Waals surface area contributed by atoms with Crippen molar-refractivity contribution in [1.29, 1.82) is 0 Å². The molecule has 0 saturated heterocycles. The lowest BCUT2D eigenvalue weighted by Crippen LogP contribution is -2.24. The zero-order valence-electron chi connectivity index (χ0n) is 12.0. The zero-order chi connectivity index (χ0) is 14.3. The molecule has 3 nitrogen and oxygen atoms in total. The van der Waals surface area contributed by atoms with E-state index in [1.807, 2.05) is 6.92 Å². The van der Waals surface area contributed by atoms with Crippen LogP contribution in [0.1, 0.15) is 56.1 Å². The highest BCUT2D eigenvalue weighted by Crippen LogP contribution is 2.11. The van der Waals surface area contributed by atoms with Gasteiger partial charge in [0.15, 0.2) is 0 Å². The minimum Gasteiger partial charge on any atom is -0.352 e. The SMILES string of the molecule is CCc1cc(C(=O)NCCCCC(C)C)cc(Cl)n1. The molecule has 0 unspecified atom stereocenters. The largest absolute Gasteiger partial charge is 0.352 e. The first-order valence-corrected chi connectivity index (χ1v) is 7.35. The van der Waals surface area contributed by atoms with Crippen molar-refractivity contribution in [2.24, 2.45) is 5.92 Å². The molecule has 0 radical (unpaired) electrons. The summed E-state index contributed by atoms with van der Waals surface area (Å²) in [6, 6.07) is 3.42. The summed E-state index contributed by atoms with van der Waals surface area (Å²) in [5.41, 5.74) is 1.44. The molecule has 0 saturated carbocycles. The van der Waals surface area contributed by atoms with E-state index < -0.39 is 0 Å². The fourth-order valence-electron chi connectivity index (χ4n) is 1.85. The van der Waals surface area contributed by atoms with E-state index in [4.69, 9.17) is 11.6 Å². The average Bonchev–Trinajstić information content (AvgIpc) is 2.36. The molecule has 1 aromatic heterocycles. The van der Waals surface area contributed by atoms with Crippen LogP contribution in [-0.4, -0.2) is 17.4 Å². The number of carbonyl (C=O) groups is 1. The Labute approximate surface area is 120 Å². The van der Waals surface area contributed by atoms with E-state index in [1.165, 1.54) is 6.42 Å². The molecule has 1 aromatic rings. The average molecular weight is 283 g/mol. The number of pyridine rings is 1. The lowest BCUT2D eigenvalue weighted by atomic mass is 10.1. The van der Waals surface area contributed by atoms with Crippen LogP contribution in [0.3, 0.4) is 0 Å². The van der Waals surface area contributed by atoms with E-state index in [-0.39, 0.29) is 5.91 Å². The number of unbranched alkanes of at least 4 members (excludes halogenated alkanes) is 1. The molecule has 0 bridgehead atoms. The van der Waals surface area contributed by atoms with Crippen LogP contribution < -0.4 is 5.32 Å². The summed E-state index contributed by atoms with van der Waals surface area (Å²) < 4.78 is 0. The molecule has 106 valence electrons. The molecule has 0 spiro atoms. The maximum absolute atomic E-state index is 12.0. The number of amides is 1. The second-order valence-corrected chi connectivity index (χ2v) is 5.56. The first-order chi connectivity index (χ1) is 9.02. The fourth-order valence-corrected chi connectivity index (χ4v) is 2.07. The van der Waals surface area contributed by atoms with Gasteiger partial charge in [-0.1, -0.05) is 45.2 Å². The van der Waals surface area contributed by atoms with E-state index in [0.717, 1.165) is 30.9 Å². The van der Waals surface area contributed by atoms with Crippen LogP contribution >= 0.6 is 11.6 Å². The van der Waals surface area contributed by atoms with Crippen molar-refractivity contribution in [1.82, 2.24) is 10.3 Å². The molecule has 0 fully saturated rings. The molecule has 1 rings (SSSR count). The third kappa shape index (κ3) is 6.06. The number of aromatic nitrogens is 1. The normalized spacial score (nSPS) is 10.8. The minimum absolute atomic E-state index is 0.0662. The Balaban J connectivity index is 2.43. The number of rotatable bonds is 7. The van der Waals surface area contributed by atoms with Crippen molar-refractivity contribution in [2.75, 3.05) is 6.54 Å². The standard InChI is InChI=1S/C15H23ClN2O/c1-4-13-9-12(10-14(16)18-13)15(19)17-8-6-5-7-11(2)3/h9-11H,4-8H2,1-3H3,(H,17,19). The van der Waals surface area contributed by atoms with Gasteiger partial charge in [0.25, 0.3) is 5.91 Å². The Morgan fingerprint density at radius 1 is 1.37 bits per heavy atom. The summed E-state index contributed by atoms with van der Waals surface area (Å²) in [5, 5.41) is 3.30. The third-order valence-corrected chi connectivity index (χ3v) is 3.16. The van der Waals surface area contributed by atoms with E-state index in [2.05, 4.69) is 24.1 Å². The van der Waals surface area contributed by atoms with Crippen molar-refractivity contribution >= 4 is 17.5 Å². The van der Waals surface area contributed by atoms with E-state index >= 15 is 0 Å². The topological polar surface area (TPSA) is 42.0 Å². The number of halogens is 1. The Kier molecular flexibility index (Phi) is 6.85. The van der Waals surface area contributed by atoms with Crippen molar-refractivity contribution < 1.29 is 4.79 Å². The molecule has 0 atom stereocenters. The highest BCUT2D eigenvalue weighted by molar-refractivity contribution is 6.29. The lowest BCUT2D eigenvalue weighted by molar-refractivity contribution is 0.0952. The quantitative estimate of drug-likeness (QED) is 0.610. The van der Waals surface area contributed by atoms with Gasteiger partial charge in [0.1, 0.15) is 5.15 Å². The molecule has 1 N–H and O–H groups in total. The number of carbonyl (C=O) groups excluding carboxylic acids is 1. The summed E-state index contributed by atoms with van der Waals surface area (Å²) in [4.78, 5) is 16.1. The van der Waals surface area contributed by atoms with Crippen LogP contribution in [0.2, 0.25) is 5.15 Å². The molecule has 1 heterocycles. The van der Waals surface area contributed by atoms with Crippen molar-refractivity contribution in [3.8, 4) is 0 Å². The second-order valence-electron chi connectivity index (χ2n) is 5.17. The maximum Gasteiger partial charge on any atom is 0.251 e. The monoisotopic (exact) mass is 282 g/mol. The van der Waals surface area contributed by atoms with Crippen molar-refractivity contribution in [2.45, 2.75) is 46.5 Å². The van der Waals surface area contributed by atoms with Crippen LogP contribution in [0.15, 0.2) is 12.1 Å². The van der Waals surface area contributed by atoms with E-state index in [0.29, 0.717) is 17.3 Å². The van der Waals surface area contributed by atoms with Crippen LogP contribution in [-0.2, 0) is 6.42 Å². The summed E-state index contributed by atoms with van der Waals surface area (Å²) in [7, 11) is 0. The van der Waals surface area contributed by atoms with Gasteiger partial charge in [-0.2, -0.15) is 0 Å². The predicted octanol–water partition coefficient (Wildman–Crippen LogP) is 3.85. The number of hydrogen-bond acceptors (Lipinski definition) is 2. The number of aryl methyl sites for hydroxylation is 1. The second kappa shape index (κ2) is 8.16. The maximum atomic E-state index is 12.0. The van der Waals surface area contributed by atoms with Gasteiger partial charge < -0.3 is 5.32 Å². The van der Waals surface area contributed by atoms with Crippen molar-refractivity contribution in [3.63, 3.8) is 0 Å².